The second kappa shape index (κ2) is 10.3. The molecule has 2 unspecified atom stereocenters. The van der Waals surface area contributed by atoms with Crippen molar-refractivity contribution in [3.8, 4) is 5.75 Å². The van der Waals surface area contributed by atoms with E-state index in [0.717, 1.165) is 49.9 Å². The highest BCUT2D eigenvalue weighted by molar-refractivity contribution is 5.27. The van der Waals surface area contributed by atoms with Crippen LogP contribution in [0.3, 0.4) is 0 Å². The van der Waals surface area contributed by atoms with Gasteiger partial charge in [-0.15, -0.1) is 0 Å². The van der Waals surface area contributed by atoms with E-state index in [9.17, 15) is 0 Å². The summed E-state index contributed by atoms with van der Waals surface area (Å²) in [6.45, 7) is 14.5. The summed E-state index contributed by atoms with van der Waals surface area (Å²) in [4.78, 5) is 5.23. The second-order valence-corrected chi connectivity index (χ2v) is 9.87. The quantitative estimate of drug-likeness (QED) is 0.517. The molecule has 4 nitrogen and oxygen atoms in total. The molecule has 1 saturated carbocycles. The molecule has 0 N–H and O–H groups in total. The largest absolute Gasteiger partial charge is 0.493 e. The van der Waals surface area contributed by atoms with Gasteiger partial charge in [-0.3, -0.25) is 4.90 Å². The highest BCUT2D eigenvalue weighted by Crippen LogP contribution is 2.52. The summed E-state index contributed by atoms with van der Waals surface area (Å²) in [6, 6.07) is 8.69. The predicted octanol–water partition coefficient (Wildman–Crippen LogP) is 4.29. The van der Waals surface area contributed by atoms with Gasteiger partial charge in [0.15, 0.2) is 0 Å². The number of nitrogens with zero attached hydrogens (tertiary/aromatic N) is 2. The van der Waals surface area contributed by atoms with Gasteiger partial charge in [0.2, 0.25) is 0 Å². The molecule has 4 heteroatoms. The summed E-state index contributed by atoms with van der Waals surface area (Å²) in [5.41, 5.74) is 1.40. The fraction of sp³-hybridized carbons (Fsp3) is 0.760. The minimum atomic E-state index is 0.567. The Hall–Kier alpha value is -1.10. The number of ether oxygens (including phenoxy) is 2. The second-order valence-electron chi connectivity index (χ2n) is 9.87. The summed E-state index contributed by atoms with van der Waals surface area (Å²) in [5.74, 6) is 4.14. The molecule has 0 radical (unpaired) electrons. The molecule has 1 aliphatic carbocycles. The van der Waals surface area contributed by atoms with Gasteiger partial charge in [-0.1, -0.05) is 32.4 Å². The molecular formula is C25H40N2O2. The smallest absolute Gasteiger partial charge is 0.119 e. The van der Waals surface area contributed by atoms with E-state index in [0.29, 0.717) is 5.92 Å². The lowest BCUT2D eigenvalue weighted by Crippen LogP contribution is -2.31. The van der Waals surface area contributed by atoms with E-state index < -0.39 is 0 Å². The SMILES string of the molecule is CC(C)COc1ccc(CN2CC3C(COCCCN4CCCCC4)C3C2)cc1. The van der Waals surface area contributed by atoms with E-state index in [1.165, 1.54) is 64.0 Å². The van der Waals surface area contributed by atoms with Gasteiger partial charge in [-0.25, -0.2) is 0 Å². The van der Waals surface area contributed by atoms with Crippen molar-refractivity contribution >= 4 is 0 Å². The number of likely N-dealkylation sites (tertiary alicyclic amines) is 2. The number of hydrogen-bond acceptors (Lipinski definition) is 4. The number of piperidine rings is 2. The van der Waals surface area contributed by atoms with Gasteiger partial charge >= 0.3 is 0 Å². The van der Waals surface area contributed by atoms with E-state index in [1.54, 1.807) is 0 Å². The van der Waals surface area contributed by atoms with Gasteiger partial charge < -0.3 is 14.4 Å². The average molecular weight is 401 g/mol. The van der Waals surface area contributed by atoms with Crippen molar-refractivity contribution in [3.63, 3.8) is 0 Å². The first-order valence-electron chi connectivity index (χ1n) is 11.9. The topological polar surface area (TPSA) is 24.9 Å². The summed E-state index contributed by atoms with van der Waals surface area (Å²) in [6.07, 6.45) is 5.40. The van der Waals surface area contributed by atoms with E-state index in [2.05, 4.69) is 47.9 Å². The van der Waals surface area contributed by atoms with E-state index in [1.807, 2.05) is 0 Å². The van der Waals surface area contributed by atoms with Crippen molar-refractivity contribution in [2.24, 2.45) is 23.7 Å². The number of benzene rings is 1. The lowest BCUT2D eigenvalue weighted by molar-refractivity contribution is 0.0967. The molecule has 1 aromatic rings. The van der Waals surface area contributed by atoms with Crippen LogP contribution in [0.5, 0.6) is 5.75 Å². The maximum absolute atomic E-state index is 6.03. The van der Waals surface area contributed by atoms with Crippen molar-refractivity contribution in [1.29, 1.82) is 0 Å². The zero-order valence-electron chi connectivity index (χ0n) is 18.5. The Balaban J connectivity index is 1.07. The Morgan fingerprint density at radius 2 is 1.69 bits per heavy atom. The summed E-state index contributed by atoms with van der Waals surface area (Å²) in [7, 11) is 0. The standard InChI is InChI=1S/C25H40N2O2/c1-20(2)18-29-22-9-7-21(8-10-22)15-27-16-23-24(17-27)25(23)19-28-14-6-13-26-11-4-3-5-12-26/h7-10,20,23-25H,3-6,11-19H2,1-2H3. The van der Waals surface area contributed by atoms with Crippen molar-refractivity contribution in [2.75, 3.05) is 52.5 Å². The van der Waals surface area contributed by atoms with Gasteiger partial charge in [0.1, 0.15) is 5.75 Å². The molecule has 3 aliphatic rings. The lowest BCUT2D eigenvalue weighted by atomic mass is 10.1. The molecule has 29 heavy (non-hydrogen) atoms. The first kappa shape index (κ1) is 21.1. The van der Waals surface area contributed by atoms with Crippen molar-refractivity contribution in [2.45, 2.75) is 46.1 Å². The predicted molar refractivity (Wildman–Crippen MR) is 118 cm³/mol. The van der Waals surface area contributed by atoms with Crippen LogP contribution in [0, 0.1) is 23.7 Å². The Morgan fingerprint density at radius 3 is 2.38 bits per heavy atom. The van der Waals surface area contributed by atoms with Crippen LogP contribution in [-0.2, 0) is 11.3 Å². The fourth-order valence-electron chi connectivity index (χ4n) is 5.12. The van der Waals surface area contributed by atoms with Crippen molar-refractivity contribution in [3.05, 3.63) is 29.8 Å². The van der Waals surface area contributed by atoms with Gasteiger partial charge in [0.25, 0.3) is 0 Å². The number of hydrogen-bond donors (Lipinski definition) is 0. The van der Waals surface area contributed by atoms with Crippen LogP contribution in [-0.4, -0.2) is 62.3 Å². The molecule has 162 valence electrons. The first-order valence-corrected chi connectivity index (χ1v) is 11.9. The van der Waals surface area contributed by atoms with Gasteiger partial charge in [0, 0.05) is 32.8 Å². The van der Waals surface area contributed by atoms with Gasteiger partial charge in [-0.2, -0.15) is 0 Å². The summed E-state index contributed by atoms with van der Waals surface area (Å²) in [5, 5.41) is 0. The zero-order valence-corrected chi connectivity index (χ0v) is 18.5. The third kappa shape index (κ3) is 6.19. The van der Waals surface area contributed by atoms with Crippen LogP contribution in [0.4, 0.5) is 0 Å². The molecule has 0 amide bonds. The average Bonchev–Trinajstić information content (AvgIpc) is 3.18. The molecule has 2 aliphatic heterocycles. The lowest BCUT2D eigenvalue weighted by Gasteiger charge is -2.26. The maximum Gasteiger partial charge on any atom is 0.119 e. The highest BCUT2D eigenvalue weighted by atomic mass is 16.5. The summed E-state index contributed by atoms with van der Waals surface area (Å²) < 4.78 is 11.8. The molecule has 0 spiro atoms. The number of rotatable bonds is 11. The zero-order chi connectivity index (χ0) is 20.1. The van der Waals surface area contributed by atoms with Crippen LogP contribution >= 0.6 is 0 Å². The highest BCUT2D eigenvalue weighted by Gasteiger charge is 2.55. The Morgan fingerprint density at radius 1 is 0.966 bits per heavy atom. The van der Waals surface area contributed by atoms with Gasteiger partial charge in [0.05, 0.1) is 13.2 Å². The molecule has 4 rings (SSSR count). The van der Waals surface area contributed by atoms with E-state index >= 15 is 0 Å². The van der Waals surface area contributed by atoms with Crippen LogP contribution in [0.25, 0.3) is 0 Å². The van der Waals surface area contributed by atoms with Crippen LogP contribution < -0.4 is 4.74 Å². The van der Waals surface area contributed by atoms with Gasteiger partial charge in [-0.05, 0) is 73.7 Å². The molecule has 0 bridgehead atoms. The third-order valence-corrected chi connectivity index (χ3v) is 6.88. The normalized spacial score (nSPS) is 27.3. The van der Waals surface area contributed by atoms with E-state index in [4.69, 9.17) is 9.47 Å². The molecule has 3 fully saturated rings. The minimum Gasteiger partial charge on any atom is -0.493 e. The molecule has 0 aromatic heterocycles. The Bertz CT molecular complexity index is 600. The monoisotopic (exact) mass is 400 g/mol. The molecule has 1 aromatic carbocycles. The van der Waals surface area contributed by atoms with Crippen LogP contribution in [0.1, 0.15) is 45.1 Å². The molecule has 2 heterocycles. The van der Waals surface area contributed by atoms with Crippen LogP contribution in [0.15, 0.2) is 24.3 Å². The fourth-order valence-corrected chi connectivity index (χ4v) is 5.12. The molecule has 2 saturated heterocycles. The van der Waals surface area contributed by atoms with E-state index in [-0.39, 0.29) is 0 Å². The molecule has 2 atom stereocenters. The first-order chi connectivity index (χ1) is 14.2. The molecular weight excluding hydrogens is 360 g/mol. The Labute approximate surface area is 177 Å². The third-order valence-electron chi connectivity index (χ3n) is 6.88. The minimum absolute atomic E-state index is 0.567. The maximum atomic E-state index is 6.03. The van der Waals surface area contributed by atoms with Crippen molar-refractivity contribution < 1.29 is 9.47 Å². The van der Waals surface area contributed by atoms with Crippen molar-refractivity contribution in [1.82, 2.24) is 9.80 Å². The summed E-state index contributed by atoms with van der Waals surface area (Å²) >= 11 is 0. The van der Waals surface area contributed by atoms with Crippen LogP contribution in [0.2, 0.25) is 0 Å². The Kier molecular flexibility index (Phi) is 7.49. The number of fused-ring (bicyclic) bond motifs is 1.